The number of rotatable bonds is 8. The Morgan fingerprint density at radius 1 is 1.19 bits per heavy atom. The molecule has 0 atom stereocenters. The highest BCUT2D eigenvalue weighted by molar-refractivity contribution is 5.22. The molecule has 0 unspecified atom stereocenters. The first-order valence-electron chi connectivity index (χ1n) is 6.60. The third-order valence-corrected chi connectivity index (χ3v) is 3.69. The van der Waals surface area contributed by atoms with Gasteiger partial charge in [0, 0.05) is 0 Å². The van der Waals surface area contributed by atoms with Gasteiger partial charge in [0.2, 0.25) is 0 Å². The first kappa shape index (κ1) is 15.2. The third-order valence-electron chi connectivity index (χ3n) is 3.69. The first-order chi connectivity index (χ1) is 7.61. The van der Waals surface area contributed by atoms with Gasteiger partial charge >= 0.3 is 0 Å². The van der Waals surface area contributed by atoms with Crippen LogP contribution in [0.15, 0.2) is 36.5 Å². The third kappa shape index (κ3) is 5.95. The van der Waals surface area contributed by atoms with Gasteiger partial charge in [0.05, 0.1) is 0 Å². The van der Waals surface area contributed by atoms with Gasteiger partial charge in [-0.1, -0.05) is 71.4 Å². The van der Waals surface area contributed by atoms with Crippen molar-refractivity contribution in [2.75, 3.05) is 0 Å². The van der Waals surface area contributed by atoms with Crippen LogP contribution in [0.1, 0.15) is 59.8 Å². The molecule has 0 heterocycles. The van der Waals surface area contributed by atoms with Crippen LogP contribution >= 0.6 is 0 Å². The average molecular weight is 220 g/mol. The lowest BCUT2D eigenvalue weighted by Crippen LogP contribution is -2.12. The number of allylic oxidation sites excluding steroid dienone is 5. The number of hydrogen-bond acceptors (Lipinski definition) is 0. The molecule has 0 aliphatic rings. The molecule has 16 heavy (non-hydrogen) atoms. The molecule has 0 spiro atoms. The molecule has 0 amide bonds. The highest BCUT2D eigenvalue weighted by Gasteiger charge is 2.17. The van der Waals surface area contributed by atoms with Crippen LogP contribution < -0.4 is 0 Å². The summed E-state index contributed by atoms with van der Waals surface area (Å²) in [6.45, 7) is 12.9. The van der Waals surface area contributed by atoms with Crippen molar-refractivity contribution in [3.63, 3.8) is 0 Å². The molecule has 0 aromatic carbocycles. The van der Waals surface area contributed by atoms with Gasteiger partial charge in [0.25, 0.3) is 0 Å². The summed E-state index contributed by atoms with van der Waals surface area (Å²) in [5, 5.41) is 0. The summed E-state index contributed by atoms with van der Waals surface area (Å²) >= 11 is 0. The number of hydrogen-bond donors (Lipinski definition) is 0. The zero-order valence-electron chi connectivity index (χ0n) is 11.6. The minimum absolute atomic E-state index is 0.527. The van der Waals surface area contributed by atoms with Crippen molar-refractivity contribution in [2.24, 2.45) is 5.41 Å². The molecule has 0 fully saturated rings. The normalized spacial score (nSPS) is 13.4. The lowest BCUT2D eigenvalue weighted by molar-refractivity contribution is 0.275. The van der Waals surface area contributed by atoms with Gasteiger partial charge in [-0.05, 0) is 30.3 Å². The highest BCUT2D eigenvalue weighted by Crippen LogP contribution is 2.31. The smallest absolute Gasteiger partial charge is 0.0308 e. The van der Waals surface area contributed by atoms with Crippen molar-refractivity contribution < 1.29 is 0 Å². The monoisotopic (exact) mass is 220 g/mol. The molecule has 0 aliphatic carbocycles. The first-order valence-corrected chi connectivity index (χ1v) is 6.60. The Labute approximate surface area is 102 Å². The zero-order valence-corrected chi connectivity index (χ0v) is 11.6. The molecular weight excluding hydrogens is 192 g/mol. The molecule has 0 aromatic rings. The Kier molecular flexibility index (Phi) is 7.97. The van der Waals surface area contributed by atoms with E-state index in [4.69, 9.17) is 0 Å². The van der Waals surface area contributed by atoms with E-state index in [2.05, 4.69) is 52.5 Å². The average Bonchev–Trinajstić information content (AvgIpc) is 2.32. The molecule has 0 nitrogen and oxygen atoms in total. The van der Waals surface area contributed by atoms with Gasteiger partial charge in [-0.2, -0.15) is 0 Å². The minimum Gasteiger partial charge on any atom is -0.0991 e. The van der Waals surface area contributed by atoms with E-state index >= 15 is 0 Å². The zero-order chi connectivity index (χ0) is 12.4. The predicted molar refractivity (Wildman–Crippen MR) is 75.6 cm³/mol. The van der Waals surface area contributed by atoms with E-state index in [1.807, 2.05) is 6.08 Å². The van der Waals surface area contributed by atoms with Crippen LogP contribution in [0.3, 0.4) is 0 Å². The van der Waals surface area contributed by atoms with Crippen LogP contribution in [0.5, 0.6) is 0 Å². The Balaban J connectivity index is 4.10. The molecule has 0 heteroatoms. The summed E-state index contributed by atoms with van der Waals surface area (Å²) in [7, 11) is 0. The van der Waals surface area contributed by atoms with Crippen LogP contribution in [0.4, 0.5) is 0 Å². The van der Waals surface area contributed by atoms with Crippen molar-refractivity contribution in [3.05, 3.63) is 36.5 Å². The largest absolute Gasteiger partial charge is 0.0991 e. The molecular formula is C16H28. The van der Waals surface area contributed by atoms with Crippen LogP contribution in [0.25, 0.3) is 0 Å². The summed E-state index contributed by atoms with van der Waals surface area (Å²) in [6, 6.07) is 0. The van der Waals surface area contributed by atoms with Crippen LogP contribution in [-0.2, 0) is 0 Å². The van der Waals surface area contributed by atoms with Gasteiger partial charge in [0.1, 0.15) is 0 Å². The highest BCUT2D eigenvalue weighted by atomic mass is 14.2. The second-order valence-corrected chi connectivity index (χ2v) is 4.79. The van der Waals surface area contributed by atoms with Crippen molar-refractivity contribution in [1.82, 2.24) is 0 Å². The second-order valence-electron chi connectivity index (χ2n) is 4.79. The van der Waals surface area contributed by atoms with Crippen LogP contribution in [0, 0.1) is 5.41 Å². The lowest BCUT2D eigenvalue weighted by atomic mass is 9.80. The van der Waals surface area contributed by atoms with Gasteiger partial charge in [-0.25, -0.2) is 0 Å². The van der Waals surface area contributed by atoms with Crippen molar-refractivity contribution >= 4 is 0 Å². The maximum Gasteiger partial charge on any atom is -0.0308 e. The molecule has 0 saturated heterocycles. The standard InChI is InChI=1S/C16H28/c1-6-12-15(7-2)13-10-11-14-16(5,8-3)9-4/h6,10,12-13H,1,7-9,11,14H2,2-5H3/b13-10-,15-12-. The van der Waals surface area contributed by atoms with Gasteiger partial charge in [-0.15, -0.1) is 0 Å². The second kappa shape index (κ2) is 8.38. The van der Waals surface area contributed by atoms with E-state index in [1.54, 1.807) is 0 Å². The molecule has 0 aromatic heterocycles. The maximum absolute atomic E-state index is 3.73. The molecule has 0 N–H and O–H groups in total. The van der Waals surface area contributed by atoms with Crippen LogP contribution in [0.2, 0.25) is 0 Å². The fraction of sp³-hybridized carbons (Fsp3) is 0.625. The molecule has 0 aliphatic heterocycles. The van der Waals surface area contributed by atoms with E-state index in [1.165, 1.54) is 31.3 Å². The summed E-state index contributed by atoms with van der Waals surface area (Å²) < 4.78 is 0. The summed E-state index contributed by atoms with van der Waals surface area (Å²) in [5.74, 6) is 0. The summed E-state index contributed by atoms with van der Waals surface area (Å²) in [6.07, 6.45) is 14.6. The Hall–Kier alpha value is -0.780. The quantitative estimate of drug-likeness (QED) is 0.462. The van der Waals surface area contributed by atoms with E-state index in [0.717, 1.165) is 6.42 Å². The topological polar surface area (TPSA) is 0 Å². The minimum atomic E-state index is 0.527. The fourth-order valence-corrected chi connectivity index (χ4v) is 1.71. The Morgan fingerprint density at radius 2 is 1.81 bits per heavy atom. The SMILES string of the molecule is C=C/C=C(\C=C/CCC(C)(CC)CC)CC. The van der Waals surface area contributed by atoms with E-state index < -0.39 is 0 Å². The van der Waals surface area contributed by atoms with Crippen molar-refractivity contribution in [2.45, 2.75) is 59.8 Å². The Bertz CT molecular complexity index is 239. The summed E-state index contributed by atoms with van der Waals surface area (Å²) in [5.41, 5.74) is 1.89. The van der Waals surface area contributed by atoms with Crippen molar-refractivity contribution in [3.8, 4) is 0 Å². The van der Waals surface area contributed by atoms with Gasteiger partial charge < -0.3 is 0 Å². The van der Waals surface area contributed by atoms with E-state index in [0.29, 0.717) is 5.41 Å². The molecule has 0 saturated carbocycles. The van der Waals surface area contributed by atoms with Gasteiger partial charge in [0.15, 0.2) is 0 Å². The van der Waals surface area contributed by atoms with E-state index in [-0.39, 0.29) is 0 Å². The molecule has 92 valence electrons. The maximum atomic E-state index is 3.73. The van der Waals surface area contributed by atoms with Crippen LogP contribution in [-0.4, -0.2) is 0 Å². The summed E-state index contributed by atoms with van der Waals surface area (Å²) in [4.78, 5) is 0. The molecule has 0 rings (SSSR count). The molecule has 0 bridgehead atoms. The van der Waals surface area contributed by atoms with Gasteiger partial charge in [-0.3, -0.25) is 0 Å². The lowest BCUT2D eigenvalue weighted by Gasteiger charge is -2.25. The fourth-order valence-electron chi connectivity index (χ4n) is 1.71. The van der Waals surface area contributed by atoms with E-state index in [9.17, 15) is 0 Å². The predicted octanol–water partition coefficient (Wildman–Crippen LogP) is 5.67. The van der Waals surface area contributed by atoms with Crippen molar-refractivity contribution in [1.29, 1.82) is 0 Å². The molecule has 0 radical (unpaired) electrons. The Morgan fingerprint density at radius 3 is 2.25 bits per heavy atom.